The second-order valence-electron chi connectivity index (χ2n) is 7.03. The number of rotatable bonds is 9. The molecule has 2 N–H and O–H groups in total. The summed E-state index contributed by atoms with van der Waals surface area (Å²) in [4.78, 5) is 4.30. The molecular formula is C21H32FN5O. The minimum atomic E-state index is -0.251. The van der Waals surface area contributed by atoms with Gasteiger partial charge in [-0.15, -0.1) is 0 Å². The van der Waals surface area contributed by atoms with Gasteiger partial charge in [-0.05, 0) is 69.9 Å². The standard InChI is InChI=1S/C21H32FN5O/c1-15(14-20-16(2)26-27(5)17(20)3)25-21(23-4)24-12-6-7-13-28-19-10-8-18(22)9-11-19/h8-11,15H,6-7,12-14H2,1-5H3,(H2,23,24,25). The van der Waals surface area contributed by atoms with E-state index in [9.17, 15) is 4.39 Å². The fourth-order valence-corrected chi connectivity index (χ4v) is 3.05. The van der Waals surface area contributed by atoms with Crippen LogP contribution in [-0.2, 0) is 13.5 Å². The number of nitrogens with one attached hydrogen (secondary N) is 2. The minimum absolute atomic E-state index is 0.245. The van der Waals surface area contributed by atoms with E-state index in [2.05, 4.69) is 41.5 Å². The Labute approximate surface area is 167 Å². The Morgan fingerprint density at radius 1 is 1.25 bits per heavy atom. The van der Waals surface area contributed by atoms with Crippen LogP contribution in [0.1, 0.15) is 36.7 Å². The maximum absolute atomic E-state index is 12.9. The lowest BCUT2D eigenvalue weighted by Crippen LogP contribution is -2.43. The number of halogens is 1. The number of ether oxygens (including phenoxy) is 1. The lowest BCUT2D eigenvalue weighted by molar-refractivity contribution is 0.306. The smallest absolute Gasteiger partial charge is 0.191 e. The number of aliphatic imine (C=N–C) groups is 1. The average molecular weight is 390 g/mol. The van der Waals surface area contributed by atoms with Crippen LogP contribution in [0, 0.1) is 19.7 Å². The summed E-state index contributed by atoms with van der Waals surface area (Å²) in [6.45, 7) is 7.72. The average Bonchev–Trinajstić information content (AvgIpc) is 2.91. The van der Waals surface area contributed by atoms with Crippen molar-refractivity contribution in [2.24, 2.45) is 12.0 Å². The summed E-state index contributed by atoms with van der Waals surface area (Å²) in [6.07, 6.45) is 2.76. The summed E-state index contributed by atoms with van der Waals surface area (Å²) in [5, 5.41) is 11.3. The van der Waals surface area contributed by atoms with Crippen LogP contribution in [0.25, 0.3) is 0 Å². The highest BCUT2D eigenvalue weighted by molar-refractivity contribution is 5.79. The molecule has 0 fully saturated rings. The van der Waals surface area contributed by atoms with E-state index in [1.807, 2.05) is 11.7 Å². The van der Waals surface area contributed by atoms with Crippen molar-refractivity contribution in [1.29, 1.82) is 0 Å². The first-order valence-corrected chi connectivity index (χ1v) is 9.75. The molecular weight excluding hydrogens is 357 g/mol. The lowest BCUT2D eigenvalue weighted by Gasteiger charge is -2.18. The molecule has 0 aliphatic heterocycles. The fraction of sp³-hybridized carbons (Fsp3) is 0.524. The Morgan fingerprint density at radius 3 is 2.57 bits per heavy atom. The number of aromatic nitrogens is 2. The van der Waals surface area contributed by atoms with Crippen molar-refractivity contribution in [2.45, 2.75) is 46.1 Å². The van der Waals surface area contributed by atoms with E-state index >= 15 is 0 Å². The topological polar surface area (TPSA) is 63.5 Å². The zero-order chi connectivity index (χ0) is 20.5. The number of hydrogen-bond donors (Lipinski definition) is 2. The monoisotopic (exact) mass is 389 g/mol. The lowest BCUT2D eigenvalue weighted by atomic mass is 10.1. The molecule has 1 aromatic carbocycles. The van der Waals surface area contributed by atoms with Gasteiger partial charge in [-0.3, -0.25) is 9.67 Å². The van der Waals surface area contributed by atoms with Crippen molar-refractivity contribution in [3.8, 4) is 5.75 Å². The number of guanidine groups is 1. The van der Waals surface area contributed by atoms with Gasteiger partial charge in [0.15, 0.2) is 5.96 Å². The molecule has 1 heterocycles. The zero-order valence-electron chi connectivity index (χ0n) is 17.6. The first-order valence-electron chi connectivity index (χ1n) is 9.75. The van der Waals surface area contributed by atoms with E-state index in [0.29, 0.717) is 12.4 Å². The first kappa shape index (κ1) is 21.7. The quantitative estimate of drug-likeness (QED) is 0.393. The minimum Gasteiger partial charge on any atom is -0.494 e. The molecule has 0 bridgehead atoms. The van der Waals surface area contributed by atoms with E-state index in [-0.39, 0.29) is 11.9 Å². The largest absolute Gasteiger partial charge is 0.494 e. The maximum Gasteiger partial charge on any atom is 0.191 e. The van der Waals surface area contributed by atoms with Gasteiger partial charge in [0.2, 0.25) is 0 Å². The molecule has 1 aromatic heterocycles. The van der Waals surface area contributed by atoms with Gasteiger partial charge in [-0.25, -0.2) is 4.39 Å². The van der Waals surface area contributed by atoms with Crippen LogP contribution in [0.4, 0.5) is 4.39 Å². The van der Waals surface area contributed by atoms with Gasteiger partial charge in [0.1, 0.15) is 11.6 Å². The molecule has 0 radical (unpaired) electrons. The van der Waals surface area contributed by atoms with Crippen LogP contribution in [0.5, 0.6) is 5.75 Å². The Balaban J connectivity index is 1.66. The van der Waals surface area contributed by atoms with Crippen molar-refractivity contribution >= 4 is 5.96 Å². The summed E-state index contributed by atoms with van der Waals surface area (Å²) in [6, 6.07) is 6.35. The molecule has 154 valence electrons. The normalized spacial score (nSPS) is 12.7. The van der Waals surface area contributed by atoms with Crippen molar-refractivity contribution in [3.05, 3.63) is 47.0 Å². The van der Waals surface area contributed by atoms with Gasteiger partial charge in [0.25, 0.3) is 0 Å². The van der Waals surface area contributed by atoms with Crippen LogP contribution in [-0.4, -0.2) is 42.0 Å². The van der Waals surface area contributed by atoms with Crippen LogP contribution in [0.15, 0.2) is 29.3 Å². The summed E-state index contributed by atoms with van der Waals surface area (Å²) in [5.41, 5.74) is 3.57. The third kappa shape index (κ3) is 6.55. The Hall–Kier alpha value is -2.57. The molecule has 2 rings (SSSR count). The summed E-state index contributed by atoms with van der Waals surface area (Å²) >= 11 is 0. The third-order valence-corrected chi connectivity index (χ3v) is 4.72. The number of nitrogens with zero attached hydrogens (tertiary/aromatic N) is 3. The van der Waals surface area contributed by atoms with Gasteiger partial charge in [0.05, 0.1) is 12.3 Å². The Kier molecular flexibility index (Phi) is 8.29. The van der Waals surface area contributed by atoms with Crippen molar-refractivity contribution in [1.82, 2.24) is 20.4 Å². The highest BCUT2D eigenvalue weighted by Gasteiger charge is 2.13. The van der Waals surface area contributed by atoms with E-state index in [1.54, 1.807) is 19.2 Å². The number of hydrogen-bond acceptors (Lipinski definition) is 3. The van der Waals surface area contributed by atoms with E-state index in [4.69, 9.17) is 4.74 Å². The predicted molar refractivity (Wildman–Crippen MR) is 111 cm³/mol. The van der Waals surface area contributed by atoms with Crippen molar-refractivity contribution in [3.63, 3.8) is 0 Å². The van der Waals surface area contributed by atoms with Crippen molar-refractivity contribution in [2.75, 3.05) is 20.2 Å². The molecule has 0 saturated heterocycles. The number of benzene rings is 1. The molecule has 7 heteroatoms. The molecule has 0 amide bonds. The Bertz CT molecular complexity index is 770. The van der Waals surface area contributed by atoms with Gasteiger partial charge in [0, 0.05) is 32.4 Å². The molecule has 0 aliphatic rings. The SMILES string of the molecule is CN=C(NCCCCOc1ccc(F)cc1)NC(C)Cc1c(C)nn(C)c1C. The van der Waals surface area contributed by atoms with E-state index < -0.39 is 0 Å². The molecule has 0 spiro atoms. The van der Waals surface area contributed by atoms with Gasteiger partial charge < -0.3 is 15.4 Å². The van der Waals surface area contributed by atoms with Crippen LogP contribution in [0.3, 0.4) is 0 Å². The molecule has 1 atom stereocenters. The Morgan fingerprint density at radius 2 is 1.96 bits per heavy atom. The second kappa shape index (κ2) is 10.7. The summed E-state index contributed by atoms with van der Waals surface area (Å²) < 4.78 is 20.4. The molecule has 0 aliphatic carbocycles. The highest BCUT2D eigenvalue weighted by atomic mass is 19.1. The number of aryl methyl sites for hydroxylation is 2. The molecule has 28 heavy (non-hydrogen) atoms. The van der Waals surface area contributed by atoms with Crippen LogP contribution in [0.2, 0.25) is 0 Å². The van der Waals surface area contributed by atoms with Gasteiger partial charge >= 0.3 is 0 Å². The highest BCUT2D eigenvalue weighted by Crippen LogP contribution is 2.14. The fourth-order valence-electron chi connectivity index (χ4n) is 3.05. The van der Waals surface area contributed by atoms with E-state index in [1.165, 1.54) is 23.4 Å². The second-order valence-corrected chi connectivity index (χ2v) is 7.03. The summed E-state index contributed by atoms with van der Waals surface area (Å²) in [7, 11) is 3.75. The summed E-state index contributed by atoms with van der Waals surface area (Å²) in [5.74, 6) is 1.24. The molecule has 1 unspecified atom stereocenters. The van der Waals surface area contributed by atoms with Gasteiger partial charge in [-0.1, -0.05) is 0 Å². The maximum atomic E-state index is 12.9. The van der Waals surface area contributed by atoms with Crippen LogP contribution >= 0.6 is 0 Å². The zero-order valence-corrected chi connectivity index (χ0v) is 17.6. The molecule has 2 aromatic rings. The third-order valence-electron chi connectivity index (χ3n) is 4.72. The van der Waals surface area contributed by atoms with Crippen LogP contribution < -0.4 is 15.4 Å². The van der Waals surface area contributed by atoms with Crippen molar-refractivity contribution < 1.29 is 9.13 Å². The molecule has 0 saturated carbocycles. The number of unbranched alkanes of at least 4 members (excludes halogenated alkanes) is 1. The predicted octanol–water partition coefficient (Wildman–Crippen LogP) is 3.13. The molecule has 6 nitrogen and oxygen atoms in total. The van der Waals surface area contributed by atoms with Gasteiger partial charge in [-0.2, -0.15) is 5.10 Å². The first-order chi connectivity index (χ1) is 13.4. The van der Waals surface area contributed by atoms with E-state index in [0.717, 1.165) is 37.5 Å².